The fraction of sp³-hybridized carbons (Fsp3) is 0.545. The molecule has 1 N–H and O–H groups in total. The molecule has 0 aromatic carbocycles. The lowest BCUT2D eigenvalue weighted by Gasteiger charge is -2.31. The van der Waals surface area contributed by atoms with Crippen molar-refractivity contribution in [1.82, 2.24) is 4.98 Å². The van der Waals surface area contributed by atoms with E-state index in [-0.39, 0.29) is 5.60 Å². The van der Waals surface area contributed by atoms with Gasteiger partial charge in [-0.05, 0) is 31.9 Å². The average Bonchev–Trinajstić information content (AvgIpc) is 2.18. The monoisotopic (exact) mass is 207 g/mol. The smallest absolute Gasteiger partial charge is 0.422 e. The molecular formula is C11H18BNO2. The largest absolute Gasteiger partial charge is 0.511 e. The van der Waals surface area contributed by atoms with Gasteiger partial charge in [0.25, 0.3) is 0 Å². The molecule has 0 aliphatic rings. The van der Waals surface area contributed by atoms with Gasteiger partial charge in [-0.2, -0.15) is 0 Å². The summed E-state index contributed by atoms with van der Waals surface area (Å²) in [6, 6.07) is 5.39. The van der Waals surface area contributed by atoms with Crippen LogP contribution in [-0.4, -0.2) is 22.7 Å². The molecule has 0 aliphatic carbocycles. The molecule has 0 amide bonds. The molecule has 15 heavy (non-hydrogen) atoms. The molecule has 0 unspecified atom stereocenters. The zero-order valence-corrected chi connectivity index (χ0v) is 9.77. The van der Waals surface area contributed by atoms with Crippen molar-refractivity contribution in [2.24, 2.45) is 5.92 Å². The van der Waals surface area contributed by atoms with Gasteiger partial charge in [0.05, 0.1) is 11.2 Å². The lowest BCUT2D eigenvalue weighted by Crippen LogP contribution is -2.45. The molecule has 1 aromatic heterocycles. The summed E-state index contributed by atoms with van der Waals surface area (Å²) in [6.45, 7) is 8.05. The summed E-state index contributed by atoms with van der Waals surface area (Å²) in [5.74, 6) is 0.330. The summed E-state index contributed by atoms with van der Waals surface area (Å²) in [6.07, 6.45) is 1.64. The molecule has 0 bridgehead atoms. The van der Waals surface area contributed by atoms with Crippen LogP contribution < -0.4 is 5.59 Å². The second-order valence-corrected chi connectivity index (χ2v) is 4.48. The van der Waals surface area contributed by atoms with Gasteiger partial charge in [-0.1, -0.05) is 19.9 Å². The highest BCUT2D eigenvalue weighted by Gasteiger charge is 2.30. The summed E-state index contributed by atoms with van der Waals surface area (Å²) >= 11 is 0. The van der Waals surface area contributed by atoms with E-state index in [0.717, 1.165) is 0 Å². The third-order valence-electron chi connectivity index (χ3n) is 2.75. The van der Waals surface area contributed by atoms with E-state index in [2.05, 4.69) is 18.8 Å². The molecule has 0 aliphatic heterocycles. The molecule has 0 radical (unpaired) electrons. The molecule has 0 saturated carbocycles. The molecule has 4 heteroatoms. The highest BCUT2D eigenvalue weighted by Crippen LogP contribution is 2.20. The Morgan fingerprint density at radius 1 is 1.40 bits per heavy atom. The lowest BCUT2D eigenvalue weighted by atomic mass is 9.81. The van der Waals surface area contributed by atoms with Gasteiger partial charge in [0, 0.05) is 6.20 Å². The van der Waals surface area contributed by atoms with Gasteiger partial charge in [0.1, 0.15) is 0 Å². The van der Waals surface area contributed by atoms with E-state index in [1.807, 2.05) is 26.0 Å². The highest BCUT2D eigenvalue weighted by atomic mass is 16.5. The van der Waals surface area contributed by atoms with Crippen LogP contribution in [0, 0.1) is 5.92 Å². The first-order valence-electron chi connectivity index (χ1n) is 5.20. The molecule has 0 fully saturated rings. The van der Waals surface area contributed by atoms with Crippen LogP contribution >= 0.6 is 0 Å². The van der Waals surface area contributed by atoms with Crippen molar-refractivity contribution in [2.45, 2.75) is 33.3 Å². The van der Waals surface area contributed by atoms with Crippen molar-refractivity contribution in [3.63, 3.8) is 0 Å². The zero-order chi connectivity index (χ0) is 11.5. The minimum Gasteiger partial charge on any atom is -0.422 e. The maximum Gasteiger partial charge on any atom is 0.511 e. The molecular weight excluding hydrogens is 189 g/mol. The van der Waals surface area contributed by atoms with E-state index in [0.29, 0.717) is 11.5 Å². The first kappa shape index (κ1) is 12.2. The Bertz CT molecular complexity index is 301. The van der Waals surface area contributed by atoms with Crippen LogP contribution in [0.2, 0.25) is 0 Å². The number of pyridine rings is 1. The molecule has 3 nitrogen and oxygen atoms in total. The number of nitrogens with zero attached hydrogens (tertiary/aromatic N) is 1. The van der Waals surface area contributed by atoms with Crippen LogP contribution in [-0.2, 0) is 4.65 Å². The van der Waals surface area contributed by atoms with E-state index < -0.39 is 7.12 Å². The summed E-state index contributed by atoms with van der Waals surface area (Å²) < 4.78 is 5.58. The zero-order valence-electron chi connectivity index (χ0n) is 9.77. The average molecular weight is 207 g/mol. The lowest BCUT2D eigenvalue weighted by molar-refractivity contribution is 0.0421. The van der Waals surface area contributed by atoms with Gasteiger partial charge in [0.15, 0.2) is 0 Å². The highest BCUT2D eigenvalue weighted by molar-refractivity contribution is 6.59. The van der Waals surface area contributed by atoms with Crippen molar-refractivity contribution in [2.75, 3.05) is 0 Å². The van der Waals surface area contributed by atoms with Crippen molar-refractivity contribution in [3.05, 3.63) is 24.4 Å². The molecule has 0 atom stereocenters. The fourth-order valence-electron chi connectivity index (χ4n) is 1.01. The minimum atomic E-state index is -0.955. The topological polar surface area (TPSA) is 42.4 Å². The molecule has 1 heterocycles. The van der Waals surface area contributed by atoms with Gasteiger partial charge in [-0.15, -0.1) is 0 Å². The van der Waals surface area contributed by atoms with Gasteiger partial charge >= 0.3 is 7.12 Å². The van der Waals surface area contributed by atoms with Crippen LogP contribution in [0.3, 0.4) is 0 Å². The van der Waals surface area contributed by atoms with Gasteiger partial charge in [0.2, 0.25) is 0 Å². The maximum atomic E-state index is 9.82. The third kappa shape index (κ3) is 3.32. The minimum absolute atomic E-state index is 0.330. The van der Waals surface area contributed by atoms with Gasteiger partial charge < -0.3 is 9.68 Å². The fourth-order valence-corrected chi connectivity index (χ4v) is 1.01. The summed E-state index contributed by atoms with van der Waals surface area (Å²) in [7, 11) is -0.955. The van der Waals surface area contributed by atoms with E-state index in [9.17, 15) is 5.02 Å². The standard InChI is InChI=1S/C11H18BNO2/c1-9(2)11(3,4)15-12(14)10-7-5-6-8-13-10/h5-9,14H,1-4H3. The van der Waals surface area contributed by atoms with Crippen LogP contribution in [0.4, 0.5) is 0 Å². The first-order valence-corrected chi connectivity index (χ1v) is 5.20. The number of rotatable bonds is 4. The Hall–Kier alpha value is -0.865. The predicted octanol–water partition coefficient (Wildman–Crippen LogP) is 1.22. The Morgan fingerprint density at radius 2 is 2.07 bits per heavy atom. The van der Waals surface area contributed by atoms with Gasteiger partial charge in [-0.3, -0.25) is 4.98 Å². The van der Waals surface area contributed by atoms with Crippen LogP contribution in [0.15, 0.2) is 24.4 Å². The molecule has 1 aromatic rings. The van der Waals surface area contributed by atoms with Crippen molar-refractivity contribution in [3.8, 4) is 0 Å². The summed E-state index contributed by atoms with van der Waals surface area (Å²) in [4.78, 5) is 4.05. The molecule has 1 rings (SSSR count). The number of aromatic nitrogens is 1. The number of hydrogen-bond acceptors (Lipinski definition) is 3. The van der Waals surface area contributed by atoms with Gasteiger partial charge in [-0.25, -0.2) is 0 Å². The number of hydrogen-bond donors (Lipinski definition) is 1. The Morgan fingerprint density at radius 3 is 2.53 bits per heavy atom. The second kappa shape index (κ2) is 4.77. The second-order valence-electron chi connectivity index (χ2n) is 4.48. The van der Waals surface area contributed by atoms with Crippen LogP contribution in [0.1, 0.15) is 27.7 Å². The van der Waals surface area contributed by atoms with E-state index in [4.69, 9.17) is 4.65 Å². The Balaban J connectivity index is 2.68. The van der Waals surface area contributed by atoms with Crippen molar-refractivity contribution >= 4 is 12.7 Å². The van der Waals surface area contributed by atoms with E-state index in [1.54, 1.807) is 12.3 Å². The maximum absolute atomic E-state index is 9.82. The summed E-state index contributed by atoms with van der Waals surface area (Å²) in [5.41, 5.74) is 0.183. The van der Waals surface area contributed by atoms with Crippen LogP contribution in [0.25, 0.3) is 0 Å². The molecule has 0 saturated heterocycles. The normalized spacial score (nSPS) is 11.9. The Labute approximate surface area is 91.6 Å². The van der Waals surface area contributed by atoms with Crippen molar-refractivity contribution in [1.29, 1.82) is 0 Å². The van der Waals surface area contributed by atoms with Crippen LogP contribution in [0.5, 0.6) is 0 Å². The third-order valence-corrected chi connectivity index (χ3v) is 2.75. The first-order chi connectivity index (χ1) is 6.93. The molecule has 82 valence electrons. The molecule has 0 spiro atoms. The Kier molecular flexibility index (Phi) is 3.88. The van der Waals surface area contributed by atoms with Crippen molar-refractivity contribution < 1.29 is 9.68 Å². The summed E-state index contributed by atoms with van der Waals surface area (Å²) in [5, 5.41) is 9.82. The van der Waals surface area contributed by atoms with E-state index in [1.165, 1.54) is 0 Å². The predicted molar refractivity (Wildman–Crippen MR) is 61.8 cm³/mol. The quantitative estimate of drug-likeness (QED) is 0.754. The SMILES string of the molecule is CC(C)C(C)(C)OB(O)c1ccccn1. The van der Waals surface area contributed by atoms with E-state index >= 15 is 0 Å².